The second-order valence-electron chi connectivity index (χ2n) is 6.62. The zero-order chi connectivity index (χ0) is 20.9. The van der Waals surface area contributed by atoms with E-state index in [0.29, 0.717) is 22.7 Å². The van der Waals surface area contributed by atoms with Gasteiger partial charge in [0.15, 0.2) is 5.82 Å². The van der Waals surface area contributed by atoms with E-state index in [1.54, 1.807) is 18.2 Å². The molecule has 0 saturated carbocycles. The third kappa shape index (κ3) is 4.10. The van der Waals surface area contributed by atoms with Gasteiger partial charge in [-0.1, -0.05) is 18.2 Å². The number of nitrogens with zero attached hydrogens (tertiary/aromatic N) is 3. The largest absolute Gasteiger partial charge is 0.457 e. The maximum absolute atomic E-state index is 11.2. The third-order valence-corrected chi connectivity index (χ3v) is 4.47. The molecule has 1 aromatic heterocycles. The van der Waals surface area contributed by atoms with Crippen LogP contribution in [0.1, 0.15) is 21.7 Å². The predicted molar refractivity (Wildman–Crippen MR) is 118 cm³/mol. The van der Waals surface area contributed by atoms with Crippen LogP contribution in [0.3, 0.4) is 0 Å². The Bertz CT molecular complexity index is 1240. The van der Waals surface area contributed by atoms with Crippen LogP contribution in [-0.4, -0.2) is 22.5 Å². The van der Waals surface area contributed by atoms with Crippen LogP contribution >= 0.6 is 0 Å². The standard InChI is InChI=1S/C23H19N5O2/c1-15-11-17(8-10-21(15)30-18-5-3-2-4-6-18)26-23-19-12-16(14-29)7-9-20(19)27-22(28-23)13-25-24/h2-14H,24H2,1H3,(H,26,27,28). The zero-order valence-corrected chi connectivity index (χ0v) is 16.2. The van der Waals surface area contributed by atoms with E-state index >= 15 is 0 Å². The summed E-state index contributed by atoms with van der Waals surface area (Å²) in [5.41, 5.74) is 2.99. The fourth-order valence-electron chi connectivity index (χ4n) is 3.05. The molecule has 148 valence electrons. The van der Waals surface area contributed by atoms with Crippen LogP contribution in [-0.2, 0) is 0 Å². The summed E-state index contributed by atoms with van der Waals surface area (Å²) < 4.78 is 5.94. The molecular weight excluding hydrogens is 378 g/mol. The minimum atomic E-state index is 0.368. The molecule has 0 spiro atoms. The SMILES string of the molecule is Cc1cc(Nc2nc(C=NN)nc3ccc(C=O)cc23)ccc1Oc1ccccc1. The number of nitrogens with one attached hydrogen (secondary N) is 1. The number of para-hydroxylation sites is 1. The van der Waals surface area contributed by atoms with Crippen molar-refractivity contribution in [2.75, 3.05) is 5.32 Å². The Hall–Kier alpha value is -4.26. The maximum atomic E-state index is 11.2. The quantitative estimate of drug-likeness (QED) is 0.214. The fraction of sp³-hybridized carbons (Fsp3) is 0.0435. The number of ether oxygens (including phenoxy) is 1. The highest BCUT2D eigenvalue weighted by atomic mass is 16.5. The summed E-state index contributed by atoms with van der Waals surface area (Å²) in [4.78, 5) is 20.1. The lowest BCUT2D eigenvalue weighted by atomic mass is 10.1. The molecule has 0 atom stereocenters. The molecule has 0 aliphatic rings. The lowest BCUT2D eigenvalue weighted by Crippen LogP contribution is -2.03. The Morgan fingerprint density at radius 2 is 1.87 bits per heavy atom. The number of aryl methyl sites for hydroxylation is 1. The van der Waals surface area contributed by atoms with Gasteiger partial charge < -0.3 is 15.9 Å². The molecule has 0 aliphatic heterocycles. The first-order chi connectivity index (χ1) is 14.7. The van der Waals surface area contributed by atoms with Gasteiger partial charge in [-0.3, -0.25) is 4.79 Å². The average molecular weight is 397 g/mol. The van der Waals surface area contributed by atoms with Crippen molar-refractivity contribution in [1.82, 2.24) is 9.97 Å². The van der Waals surface area contributed by atoms with E-state index < -0.39 is 0 Å². The molecule has 0 fully saturated rings. The van der Waals surface area contributed by atoms with Gasteiger partial charge in [0.25, 0.3) is 0 Å². The lowest BCUT2D eigenvalue weighted by molar-refractivity contribution is 0.112. The molecule has 4 aromatic rings. The van der Waals surface area contributed by atoms with Crippen molar-refractivity contribution in [1.29, 1.82) is 0 Å². The van der Waals surface area contributed by atoms with Crippen molar-refractivity contribution in [3.05, 3.63) is 83.7 Å². The number of hydrogen-bond acceptors (Lipinski definition) is 7. The number of anilines is 2. The number of hydrazone groups is 1. The molecule has 7 nitrogen and oxygen atoms in total. The van der Waals surface area contributed by atoms with E-state index in [4.69, 9.17) is 10.6 Å². The first-order valence-corrected chi connectivity index (χ1v) is 9.27. The highest BCUT2D eigenvalue weighted by Gasteiger charge is 2.10. The Labute approximate surface area is 173 Å². The smallest absolute Gasteiger partial charge is 0.175 e. The van der Waals surface area contributed by atoms with E-state index in [2.05, 4.69) is 20.4 Å². The van der Waals surface area contributed by atoms with Crippen LogP contribution in [0.15, 0.2) is 71.8 Å². The Balaban J connectivity index is 1.69. The molecule has 0 amide bonds. The second kappa shape index (κ2) is 8.40. The van der Waals surface area contributed by atoms with Gasteiger partial charge in [0.1, 0.15) is 23.6 Å². The van der Waals surface area contributed by atoms with Crippen molar-refractivity contribution in [3.63, 3.8) is 0 Å². The molecule has 0 aliphatic carbocycles. The summed E-state index contributed by atoms with van der Waals surface area (Å²) in [6.07, 6.45) is 2.17. The number of nitrogens with two attached hydrogens (primary N) is 1. The van der Waals surface area contributed by atoms with E-state index in [1.165, 1.54) is 6.21 Å². The topological polar surface area (TPSA) is 102 Å². The summed E-state index contributed by atoms with van der Waals surface area (Å²) in [7, 11) is 0. The summed E-state index contributed by atoms with van der Waals surface area (Å²) in [6.45, 7) is 1.97. The number of carbonyl (C=O) groups is 1. The number of aldehydes is 1. The molecule has 3 N–H and O–H groups in total. The molecule has 0 bridgehead atoms. The minimum absolute atomic E-state index is 0.368. The van der Waals surface area contributed by atoms with Crippen molar-refractivity contribution >= 4 is 34.9 Å². The summed E-state index contributed by atoms with van der Waals surface area (Å²) >= 11 is 0. The second-order valence-corrected chi connectivity index (χ2v) is 6.62. The summed E-state index contributed by atoms with van der Waals surface area (Å²) in [5, 5.41) is 7.53. The van der Waals surface area contributed by atoms with Crippen molar-refractivity contribution < 1.29 is 9.53 Å². The van der Waals surface area contributed by atoms with E-state index in [-0.39, 0.29) is 0 Å². The van der Waals surface area contributed by atoms with E-state index in [9.17, 15) is 4.79 Å². The van der Waals surface area contributed by atoms with Crippen LogP contribution in [0.2, 0.25) is 0 Å². The van der Waals surface area contributed by atoms with Crippen LogP contribution in [0.5, 0.6) is 11.5 Å². The highest BCUT2D eigenvalue weighted by molar-refractivity contribution is 5.96. The minimum Gasteiger partial charge on any atom is -0.457 e. The van der Waals surface area contributed by atoms with Gasteiger partial charge in [-0.05, 0) is 61.0 Å². The van der Waals surface area contributed by atoms with Gasteiger partial charge in [-0.25, -0.2) is 9.97 Å². The summed E-state index contributed by atoms with van der Waals surface area (Å²) in [5.74, 6) is 7.72. The molecule has 30 heavy (non-hydrogen) atoms. The normalized spacial score (nSPS) is 11.0. The van der Waals surface area contributed by atoms with Crippen LogP contribution in [0.4, 0.5) is 11.5 Å². The Morgan fingerprint density at radius 1 is 1.03 bits per heavy atom. The third-order valence-electron chi connectivity index (χ3n) is 4.47. The molecule has 0 saturated heterocycles. The monoisotopic (exact) mass is 397 g/mol. The molecule has 0 radical (unpaired) electrons. The van der Waals surface area contributed by atoms with Gasteiger partial charge >= 0.3 is 0 Å². The van der Waals surface area contributed by atoms with Gasteiger partial charge in [-0.2, -0.15) is 5.10 Å². The lowest BCUT2D eigenvalue weighted by Gasteiger charge is -2.13. The van der Waals surface area contributed by atoms with Crippen LogP contribution in [0, 0.1) is 6.92 Å². The number of rotatable bonds is 6. The van der Waals surface area contributed by atoms with Gasteiger partial charge in [0.05, 0.1) is 11.7 Å². The maximum Gasteiger partial charge on any atom is 0.175 e. The van der Waals surface area contributed by atoms with Crippen molar-refractivity contribution in [2.24, 2.45) is 10.9 Å². The zero-order valence-electron chi connectivity index (χ0n) is 16.2. The molecule has 0 unspecified atom stereocenters. The van der Waals surface area contributed by atoms with Crippen molar-refractivity contribution in [2.45, 2.75) is 6.92 Å². The molecule has 7 heteroatoms. The molecule has 4 rings (SSSR count). The Kier molecular flexibility index (Phi) is 5.34. The van der Waals surface area contributed by atoms with E-state index in [0.717, 1.165) is 34.4 Å². The first kappa shape index (κ1) is 19.1. The van der Waals surface area contributed by atoms with Gasteiger partial charge in [-0.15, -0.1) is 0 Å². The number of benzene rings is 3. The number of hydrogen-bond donors (Lipinski definition) is 2. The number of carbonyl (C=O) groups excluding carboxylic acids is 1. The van der Waals surface area contributed by atoms with Crippen LogP contribution in [0.25, 0.3) is 10.9 Å². The fourth-order valence-corrected chi connectivity index (χ4v) is 3.05. The average Bonchev–Trinajstić information content (AvgIpc) is 2.76. The van der Waals surface area contributed by atoms with E-state index in [1.807, 2.05) is 55.5 Å². The van der Waals surface area contributed by atoms with Gasteiger partial charge in [0.2, 0.25) is 0 Å². The highest BCUT2D eigenvalue weighted by Crippen LogP contribution is 2.30. The predicted octanol–water partition coefficient (Wildman–Crippen LogP) is 4.58. The first-order valence-electron chi connectivity index (χ1n) is 9.27. The molecule has 3 aromatic carbocycles. The number of fused-ring (bicyclic) bond motifs is 1. The Morgan fingerprint density at radius 3 is 2.60 bits per heavy atom. The van der Waals surface area contributed by atoms with Gasteiger partial charge in [0, 0.05) is 16.6 Å². The molecular formula is C23H19N5O2. The van der Waals surface area contributed by atoms with Crippen molar-refractivity contribution in [3.8, 4) is 11.5 Å². The number of aromatic nitrogens is 2. The molecule has 1 heterocycles. The van der Waals surface area contributed by atoms with Crippen LogP contribution < -0.4 is 15.9 Å². The summed E-state index contributed by atoms with van der Waals surface area (Å²) in [6, 6.07) is 20.6.